The van der Waals surface area contributed by atoms with Crippen molar-refractivity contribution in [3.8, 4) is 0 Å². The van der Waals surface area contributed by atoms with Gasteiger partial charge in [0.05, 0.1) is 19.7 Å². The van der Waals surface area contributed by atoms with Gasteiger partial charge in [0, 0.05) is 12.6 Å². The fourth-order valence-corrected chi connectivity index (χ4v) is 2.21. The topological polar surface area (TPSA) is 74.8 Å². The molecule has 0 atom stereocenters. The van der Waals surface area contributed by atoms with Crippen molar-refractivity contribution in [3.63, 3.8) is 0 Å². The van der Waals surface area contributed by atoms with Crippen LogP contribution in [-0.4, -0.2) is 43.8 Å². The molecule has 27 heavy (non-hydrogen) atoms. The van der Waals surface area contributed by atoms with Gasteiger partial charge in [0.2, 0.25) is 5.91 Å². The molecule has 9 heteroatoms. The Hall–Kier alpha value is -2.29. The van der Waals surface area contributed by atoms with Crippen molar-refractivity contribution in [2.75, 3.05) is 19.7 Å². The van der Waals surface area contributed by atoms with E-state index in [1.54, 1.807) is 24.3 Å². The van der Waals surface area contributed by atoms with Crippen molar-refractivity contribution in [1.82, 2.24) is 16.0 Å². The number of guanidine groups is 1. The highest BCUT2D eigenvalue weighted by atomic mass is 19.4. The van der Waals surface area contributed by atoms with Crippen molar-refractivity contribution in [2.24, 2.45) is 4.99 Å². The third-order valence-electron chi connectivity index (χ3n) is 3.68. The van der Waals surface area contributed by atoms with Gasteiger partial charge in [-0.05, 0) is 30.9 Å². The molecule has 2 rings (SSSR count). The average Bonchev–Trinajstić information content (AvgIpc) is 3.41. The van der Waals surface area contributed by atoms with Crippen LogP contribution in [0.25, 0.3) is 0 Å². The van der Waals surface area contributed by atoms with Crippen molar-refractivity contribution in [3.05, 3.63) is 35.4 Å². The molecule has 0 radical (unpaired) electrons. The number of hydrogen-bond donors (Lipinski definition) is 3. The van der Waals surface area contributed by atoms with Gasteiger partial charge < -0.3 is 20.7 Å². The number of carbonyl (C=O) groups is 1. The van der Waals surface area contributed by atoms with Crippen molar-refractivity contribution in [1.29, 1.82) is 0 Å². The first-order valence-corrected chi connectivity index (χ1v) is 8.89. The van der Waals surface area contributed by atoms with Crippen LogP contribution in [0.4, 0.5) is 13.2 Å². The van der Waals surface area contributed by atoms with Gasteiger partial charge in [0.15, 0.2) is 5.96 Å². The van der Waals surface area contributed by atoms with Crippen LogP contribution < -0.4 is 16.0 Å². The van der Waals surface area contributed by atoms with Crippen LogP contribution in [0.3, 0.4) is 0 Å². The fourth-order valence-electron chi connectivity index (χ4n) is 2.21. The molecule has 1 amide bonds. The minimum Gasteiger partial charge on any atom is -0.367 e. The van der Waals surface area contributed by atoms with Gasteiger partial charge in [-0.25, -0.2) is 4.99 Å². The second-order valence-corrected chi connectivity index (χ2v) is 6.31. The number of ether oxygens (including phenoxy) is 1. The summed E-state index contributed by atoms with van der Waals surface area (Å²) in [5.41, 5.74) is 1.56. The zero-order chi connectivity index (χ0) is 19.7. The zero-order valence-corrected chi connectivity index (χ0v) is 15.2. The second-order valence-electron chi connectivity index (χ2n) is 6.31. The van der Waals surface area contributed by atoms with E-state index in [0.29, 0.717) is 30.7 Å². The summed E-state index contributed by atoms with van der Waals surface area (Å²) >= 11 is 0. The average molecular weight is 386 g/mol. The SMILES string of the molecule is CCNC(=NCc1ccc(COCC(F)(F)F)cc1)NCC(=O)NC1CC1. The van der Waals surface area contributed by atoms with Gasteiger partial charge in [0.1, 0.15) is 6.61 Å². The first kappa shape index (κ1) is 21.0. The fraction of sp³-hybridized carbons (Fsp3) is 0.556. The van der Waals surface area contributed by atoms with Crippen molar-refractivity contribution in [2.45, 2.75) is 45.1 Å². The van der Waals surface area contributed by atoms with E-state index in [2.05, 4.69) is 25.7 Å². The smallest absolute Gasteiger partial charge is 0.367 e. The number of amides is 1. The van der Waals surface area contributed by atoms with Crippen LogP contribution in [-0.2, 0) is 22.7 Å². The Morgan fingerprint density at radius 2 is 1.85 bits per heavy atom. The summed E-state index contributed by atoms with van der Waals surface area (Å²) in [6.45, 7) is 1.76. The normalized spacial score (nSPS) is 14.7. The number of halogens is 3. The molecular formula is C18H25F3N4O2. The van der Waals surface area contributed by atoms with E-state index < -0.39 is 12.8 Å². The van der Waals surface area contributed by atoms with E-state index in [1.165, 1.54) is 0 Å². The van der Waals surface area contributed by atoms with Gasteiger partial charge in [-0.3, -0.25) is 4.79 Å². The molecular weight excluding hydrogens is 361 g/mol. The summed E-state index contributed by atoms with van der Waals surface area (Å²) in [6.07, 6.45) is -2.24. The van der Waals surface area contributed by atoms with E-state index in [1.807, 2.05) is 6.92 Å². The molecule has 0 saturated heterocycles. The summed E-state index contributed by atoms with van der Waals surface area (Å²) < 4.78 is 40.8. The lowest BCUT2D eigenvalue weighted by Gasteiger charge is -2.11. The monoisotopic (exact) mass is 386 g/mol. The van der Waals surface area contributed by atoms with Gasteiger partial charge in [-0.15, -0.1) is 0 Å². The van der Waals surface area contributed by atoms with E-state index in [9.17, 15) is 18.0 Å². The predicted octanol–water partition coefficient (Wildman–Crippen LogP) is 2.10. The summed E-state index contributed by atoms with van der Waals surface area (Å²) in [6, 6.07) is 7.32. The summed E-state index contributed by atoms with van der Waals surface area (Å²) in [5.74, 6) is 0.465. The quantitative estimate of drug-likeness (QED) is 0.449. The zero-order valence-electron chi connectivity index (χ0n) is 15.2. The Morgan fingerprint density at radius 1 is 1.19 bits per heavy atom. The summed E-state index contributed by atoms with van der Waals surface area (Å²) in [4.78, 5) is 16.1. The molecule has 3 N–H and O–H groups in total. The Balaban J connectivity index is 1.78. The Labute approximate surface area is 156 Å². The maximum Gasteiger partial charge on any atom is 0.411 e. The van der Waals surface area contributed by atoms with E-state index in [0.717, 1.165) is 18.4 Å². The molecule has 0 unspecified atom stereocenters. The lowest BCUT2D eigenvalue weighted by atomic mass is 10.1. The third-order valence-corrected chi connectivity index (χ3v) is 3.68. The number of alkyl halides is 3. The lowest BCUT2D eigenvalue weighted by Crippen LogP contribution is -2.43. The van der Waals surface area contributed by atoms with Crippen LogP contribution in [0.15, 0.2) is 29.3 Å². The molecule has 0 aliphatic heterocycles. The molecule has 0 bridgehead atoms. The molecule has 0 heterocycles. The third kappa shape index (κ3) is 9.28. The number of nitrogens with zero attached hydrogens (tertiary/aromatic N) is 1. The number of hydrogen-bond acceptors (Lipinski definition) is 3. The Morgan fingerprint density at radius 3 is 2.44 bits per heavy atom. The van der Waals surface area contributed by atoms with E-state index in [4.69, 9.17) is 0 Å². The molecule has 0 spiro atoms. The van der Waals surface area contributed by atoms with Gasteiger partial charge in [-0.1, -0.05) is 24.3 Å². The van der Waals surface area contributed by atoms with Crippen LogP contribution in [0, 0.1) is 0 Å². The van der Waals surface area contributed by atoms with E-state index in [-0.39, 0.29) is 19.1 Å². The first-order chi connectivity index (χ1) is 12.9. The molecule has 1 fully saturated rings. The highest BCUT2D eigenvalue weighted by Gasteiger charge is 2.27. The maximum absolute atomic E-state index is 12.1. The van der Waals surface area contributed by atoms with Crippen molar-refractivity contribution >= 4 is 11.9 Å². The van der Waals surface area contributed by atoms with Crippen LogP contribution in [0.2, 0.25) is 0 Å². The van der Waals surface area contributed by atoms with Crippen LogP contribution >= 0.6 is 0 Å². The molecule has 1 saturated carbocycles. The highest BCUT2D eigenvalue weighted by Crippen LogP contribution is 2.18. The standard InChI is InChI=1S/C18H25F3N4O2/c1-2-22-17(24-10-16(26)25-15-7-8-15)23-9-13-3-5-14(6-4-13)11-27-12-18(19,20)21/h3-6,15H,2,7-12H2,1H3,(H,25,26)(H2,22,23,24). The summed E-state index contributed by atoms with van der Waals surface area (Å²) in [5, 5.41) is 8.93. The lowest BCUT2D eigenvalue weighted by molar-refractivity contribution is -0.176. The molecule has 150 valence electrons. The van der Waals surface area contributed by atoms with E-state index >= 15 is 0 Å². The highest BCUT2D eigenvalue weighted by molar-refractivity contribution is 5.86. The second kappa shape index (κ2) is 10.1. The number of aliphatic imine (C=N–C) groups is 1. The van der Waals surface area contributed by atoms with Gasteiger partial charge >= 0.3 is 6.18 Å². The molecule has 1 aromatic carbocycles. The maximum atomic E-state index is 12.1. The number of benzene rings is 1. The van der Waals surface area contributed by atoms with Crippen molar-refractivity contribution < 1.29 is 22.7 Å². The molecule has 1 aliphatic rings. The van der Waals surface area contributed by atoms with Gasteiger partial charge in [-0.2, -0.15) is 13.2 Å². The minimum atomic E-state index is -4.32. The van der Waals surface area contributed by atoms with Gasteiger partial charge in [0.25, 0.3) is 0 Å². The number of nitrogens with one attached hydrogen (secondary N) is 3. The summed E-state index contributed by atoms with van der Waals surface area (Å²) in [7, 11) is 0. The molecule has 1 aromatic rings. The number of rotatable bonds is 9. The largest absolute Gasteiger partial charge is 0.411 e. The minimum absolute atomic E-state index is 0.0636. The Kier molecular flexibility index (Phi) is 7.90. The van der Waals surface area contributed by atoms with Crippen LogP contribution in [0.1, 0.15) is 30.9 Å². The molecule has 6 nitrogen and oxygen atoms in total. The predicted molar refractivity (Wildman–Crippen MR) is 96.1 cm³/mol. The number of carbonyl (C=O) groups excluding carboxylic acids is 1. The Bertz CT molecular complexity index is 628. The first-order valence-electron chi connectivity index (χ1n) is 8.89. The molecule has 1 aliphatic carbocycles. The van der Waals surface area contributed by atoms with Crippen LogP contribution in [0.5, 0.6) is 0 Å². The molecule has 0 aromatic heterocycles.